The fourth-order valence-electron chi connectivity index (χ4n) is 4.19. The van der Waals surface area contributed by atoms with Crippen molar-refractivity contribution in [3.63, 3.8) is 0 Å². The van der Waals surface area contributed by atoms with E-state index in [-0.39, 0.29) is 11.7 Å². The number of carbonyl (C=O) groups excluding carboxylic acids is 1. The van der Waals surface area contributed by atoms with Crippen molar-refractivity contribution in [1.29, 1.82) is 0 Å². The Morgan fingerprint density at radius 2 is 2.03 bits per heavy atom. The van der Waals surface area contributed by atoms with E-state index in [1.54, 1.807) is 12.1 Å². The van der Waals surface area contributed by atoms with Crippen LogP contribution in [-0.2, 0) is 0 Å². The fourth-order valence-corrected chi connectivity index (χ4v) is 4.51. The number of thiol groups is 1. The molecular formula is C27H36FN3O2S. The molecule has 0 atom stereocenters. The number of furan rings is 1. The van der Waals surface area contributed by atoms with E-state index >= 15 is 0 Å². The number of halogens is 1. The van der Waals surface area contributed by atoms with E-state index in [4.69, 9.17) is 4.42 Å². The van der Waals surface area contributed by atoms with Crippen LogP contribution in [0.25, 0.3) is 11.8 Å². The van der Waals surface area contributed by atoms with Crippen LogP contribution in [0.4, 0.5) is 4.39 Å². The number of unbranched alkanes of at least 4 members (excludes halogenated alkanes) is 1. The number of carbonyl (C=O) groups is 1. The normalized spacial score (nSPS) is 15.0. The lowest BCUT2D eigenvalue weighted by atomic mass is 10.1. The Morgan fingerprint density at radius 1 is 1.21 bits per heavy atom. The van der Waals surface area contributed by atoms with Crippen LogP contribution >= 0.6 is 12.6 Å². The molecule has 184 valence electrons. The van der Waals surface area contributed by atoms with Gasteiger partial charge >= 0.3 is 0 Å². The summed E-state index contributed by atoms with van der Waals surface area (Å²) < 4.78 is 19.0. The second-order valence-corrected chi connectivity index (χ2v) is 9.16. The molecule has 0 aliphatic carbocycles. The van der Waals surface area contributed by atoms with Gasteiger partial charge in [-0.05, 0) is 76.0 Å². The lowest BCUT2D eigenvalue weighted by Gasteiger charge is -2.26. The minimum absolute atomic E-state index is 0.0781. The maximum atomic E-state index is 13.4. The van der Waals surface area contributed by atoms with Gasteiger partial charge in [0.25, 0.3) is 5.91 Å². The molecule has 0 saturated carbocycles. The predicted octanol–water partition coefficient (Wildman–Crippen LogP) is 5.63. The molecule has 1 aromatic carbocycles. The highest BCUT2D eigenvalue weighted by atomic mass is 32.1. The monoisotopic (exact) mass is 485 g/mol. The molecule has 1 aliphatic heterocycles. The average Bonchev–Trinajstić information content (AvgIpc) is 3.02. The van der Waals surface area contributed by atoms with E-state index in [2.05, 4.69) is 41.2 Å². The van der Waals surface area contributed by atoms with E-state index in [1.165, 1.54) is 12.1 Å². The summed E-state index contributed by atoms with van der Waals surface area (Å²) >= 11 is 4.42. The first-order valence-corrected chi connectivity index (χ1v) is 12.5. The van der Waals surface area contributed by atoms with E-state index < -0.39 is 0 Å². The molecule has 1 amide bonds. The van der Waals surface area contributed by atoms with Crippen molar-refractivity contribution >= 4 is 30.3 Å². The van der Waals surface area contributed by atoms with Gasteiger partial charge in [-0.2, -0.15) is 0 Å². The van der Waals surface area contributed by atoms with Gasteiger partial charge in [0.1, 0.15) is 17.3 Å². The number of benzene rings is 1. The number of hydrogen-bond acceptors (Lipinski definition) is 5. The Kier molecular flexibility index (Phi) is 9.84. The summed E-state index contributed by atoms with van der Waals surface area (Å²) in [5.41, 5.74) is 2.39. The molecule has 5 nitrogen and oxygen atoms in total. The zero-order valence-corrected chi connectivity index (χ0v) is 21.2. The average molecular weight is 486 g/mol. The highest BCUT2D eigenvalue weighted by molar-refractivity contribution is 7.80. The van der Waals surface area contributed by atoms with Gasteiger partial charge < -0.3 is 19.5 Å². The van der Waals surface area contributed by atoms with Crippen molar-refractivity contribution in [2.45, 2.75) is 44.4 Å². The van der Waals surface area contributed by atoms with Gasteiger partial charge in [-0.1, -0.05) is 19.6 Å². The largest absolute Gasteiger partial charge is 0.461 e. The standard InChI is InChI=1S/C27H36FN3O2S/c1-4-5-9-23-19-25(21(3)33-23)27(32)29-12-6-7-13-30-14-8-15-31(17-16-30)20(2)24-11-10-22(28)18-26(24)34/h5,9-11,18-19,34H,2,4,6-8,12-17H2,1,3H3,(H,29,32)/b9-5+. The van der Waals surface area contributed by atoms with Crippen molar-refractivity contribution in [1.82, 2.24) is 15.1 Å². The Balaban J connectivity index is 1.38. The van der Waals surface area contributed by atoms with Gasteiger partial charge in [-0.3, -0.25) is 4.79 Å². The van der Waals surface area contributed by atoms with Gasteiger partial charge in [0.05, 0.1) is 5.56 Å². The molecule has 34 heavy (non-hydrogen) atoms. The highest BCUT2D eigenvalue weighted by Crippen LogP contribution is 2.26. The molecule has 1 aliphatic rings. The van der Waals surface area contributed by atoms with Crippen LogP contribution in [0.3, 0.4) is 0 Å². The van der Waals surface area contributed by atoms with Crippen molar-refractivity contribution in [3.05, 3.63) is 65.4 Å². The van der Waals surface area contributed by atoms with E-state index in [9.17, 15) is 9.18 Å². The SMILES string of the molecule is C=C(c1ccc(F)cc1S)N1CCCN(CCCCNC(=O)c2cc(/C=C/CC)oc2C)CC1. The summed E-state index contributed by atoms with van der Waals surface area (Å²) in [6.45, 7) is 13.6. The molecule has 3 rings (SSSR count). The van der Waals surface area contributed by atoms with E-state index in [1.807, 2.05) is 19.1 Å². The van der Waals surface area contributed by atoms with Gasteiger partial charge in [-0.25, -0.2) is 4.39 Å². The second-order valence-electron chi connectivity index (χ2n) is 8.68. The van der Waals surface area contributed by atoms with Crippen LogP contribution in [0.1, 0.15) is 60.0 Å². The van der Waals surface area contributed by atoms with Crippen LogP contribution in [0.5, 0.6) is 0 Å². The minimum atomic E-state index is -0.284. The Hall–Kier alpha value is -2.51. The molecule has 0 unspecified atom stereocenters. The molecule has 0 spiro atoms. The lowest BCUT2D eigenvalue weighted by molar-refractivity contribution is 0.0951. The third kappa shape index (κ3) is 7.24. The zero-order valence-electron chi connectivity index (χ0n) is 20.3. The van der Waals surface area contributed by atoms with Crippen molar-refractivity contribution in [2.75, 3.05) is 39.3 Å². The maximum Gasteiger partial charge on any atom is 0.254 e. The summed E-state index contributed by atoms with van der Waals surface area (Å²) in [6, 6.07) is 6.45. The summed E-state index contributed by atoms with van der Waals surface area (Å²) in [6.07, 6.45) is 7.84. The van der Waals surface area contributed by atoms with Crippen molar-refractivity contribution in [2.24, 2.45) is 0 Å². The predicted molar refractivity (Wildman–Crippen MR) is 140 cm³/mol. The Labute approximate surface area is 208 Å². The van der Waals surface area contributed by atoms with Crippen LogP contribution in [-0.4, -0.2) is 55.0 Å². The van der Waals surface area contributed by atoms with Crippen molar-refractivity contribution in [3.8, 4) is 0 Å². The number of nitrogens with zero attached hydrogens (tertiary/aromatic N) is 2. The molecule has 1 aromatic heterocycles. The smallest absolute Gasteiger partial charge is 0.254 e. The first-order chi connectivity index (χ1) is 16.4. The molecular weight excluding hydrogens is 449 g/mol. The quantitative estimate of drug-likeness (QED) is 0.338. The van der Waals surface area contributed by atoms with E-state index in [0.717, 1.165) is 69.7 Å². The summed E-state index contributed by atoms with van der Waals surface area (Å²) in [7, 11) is 0. The second kappa shape index (κ2) is 12.8. The molecule has 7 heteroatoms. The maximum absolute atomic E-state index is 13.4. The van der Waals surface area contributed by atoms with Gasteiger partial charge in [-0.15, -0.1) is 12.6 Å². The van der Waals surface area contributed by atoms with Gasteiger partial charge in [0.15, 0.2) is 0 Å². The Morgan fingerprint density at radius 3 is 2.79 bits per heavy atom. The minimum Gasteiger partial charge on any atom is -0.461 e. The molecule has 0 radical (unpaired) electrons. The molecule has 2 aromatic rings. The zero-order chi connectivity index (χ0) is 24.5. The summed E-state index contributed by atoms with van der Waals surface area (Å²) in [4.78, 5) is 17.8. The number of aryl methyl sites for hydroxylation is 1. The Bertz CT molecular complexity index is 1020. The fraction of sp³-hybridized carbons (Fsp3) is 0.444. The number of hydrogen-bond donors (Lipinski definition) is 2. The van der Waals surface area contributed by atoms with Crippen LogP contribution in [0.2, 0.25) is 0 Å². The number of amides is 1. The molecule has 0 bridgehead atoms. The van der Waals surface area contributed by atoms with Crippen LogP contribution < -0.4 is 5.32 Å². The van der Waals surface area contributed by atoms with Gasteiger partial charge in [0.2, 0.25) is 0 Å². The van der Waals surface area contributed by atoms with Crippen LogP contribution in [0, 0.1) is 12.7 Å². The third-order valence-electron chi connectivity index (χ3n) is 6.13. The summed E-state index contributed by atoms with van der Waals surface area (Å²) in [5.74, 6) is 1.00. The first kappa shape index (κ1) is 26.1. The number of rotatable bonds is 10. The van der Waals surface area contributed by atoms with Crippen LogP contribution in [0.15, 0.2) is 46.2 Å². The van der Waals surface area contributed by atoms with E-state index in [0.29, 0.717) is 28.5 Å². The highest BCUT2D eigenvalue weighted by Gasteiger charge is 2.18. The molecule has 1 fully saturated rings. The first-order valence-electron chi connectivity index (χ1n) is 12.1. The number of allylic oxidation sites excluding steroid dienone is 1. The number of nitrogens with one attached hydrogen (secondary N) is 1. The van der Waals surface area contributed by atoms with Gasteiger partial charge in [0, 0.05) is 42.3 Å². The molecule has 1 N–H and O–H groups in total. The lowest BCUT2D eigenvalue weighted by Crippen LogP contribution is -2.31. The topological polar surface area (TPSA) is 48.7 Å². The summed E-state index contributed by atoms with van der Waals surface area (Å²) in [5, 5.41) is 3.01. The molecule has 2 heterocycles. The van der Waals surface area contributed by atoms with Crippen molar-refractivity contribution < 1.29 is 13.6 Å². The molecule has 1 saturated heterocycles. The third-order valence-corrected chi connectivity index (χ3v) is 6.50.